The molecule has 0 aliphatic carbocycles. The van der Waals surface area contributed by atoms with E-state index in [4.69, 9.17) is 0 Å². The fraction of sp³-hybridized carbons (Fsp3) is 0.250. The van der Waals surface area contributed by atoms with Gasteiger partial charge in [-0.3, -0.25) is 0 Å². The Kier molecular flexibility index (Phi) is 3.98. The Bertz CT molecular complexity index is 695. The van der Waals surface area contributed by atoms with E-state index in [-0.39, 0.29) is 0 Å². The number of halogens is 6. The fourth-order valence-electron chi connectivity index (χ4n) is 2.26. The molecule has 22 heavy (non-hydrogen) atoms. The summed E-state index contributed by atoms with van der Waals surface area (Å²) in [5.74, 6) is 0. The lowest BCUT2D eigenvalue weighted by Crippen LogP contribution is -2.11. The molecule has 0 saturated heterocycles. The molecule has 0 bridgehead atoms. The number of aryl methyl sites for hydroxylation is 2. The smallest absolute Gasteiger partial charge is 0.166 e. The van der Waals surface area contributed by atoms with Gasteiger partial charge in [-0.05, 0) is 37.1 Å². The number of hydrogen-bond acceptors (Lipinski definition) is 0. The third-order valence-electron chi connectivity index (χ3n) is 3.25. The van der Waals surface area contributed by atoms with Crippen LogP contribution in [0.4, 0.5) is 26.3 Å². The molecule has 0 fully saturated rings. The zero-order valence-corrected chi connectivity index (χ0v) is 11.7. The average Bonchev–Trinajstić information content (AvgIpc) is 2.36. The minimum absolute atomic E-state index is 0.331. The summed E-state index contributed by atoms with van der Waals surface area (Å²) < 4.78 is 78.8. The SMILES string of the molecule is Cc1ccc(C(F)(F)F)c(-c2ccc(C)cc2C(F)(F)F)c1. The maximum absolute atomic E-state index is 13.2. The van der Waals surface area contributed by atoms with Crippen LogP contribution in [0.2, 0.25) is 0 Å². The second-order valence-corrected chi connectivity index (χ2v) is 5.09. The van der Waals surface area contributed by atoms with Crippen molar-refractivity contribution in [3.63, 3.8) is 0 Å². The van der Waals surface area contributed by atoms with E-state index in [1.807, 2.05) is 0 Å². The monoisotopic (exact) mass is 318 g/mol. The van der Waals surface area contributed by atoms with Gasteiger partial charge in [0.05, 0.1) is 11.1 Å². The molecule has 0 amide bonds. The quantitative estimate of drug-likeness (QED) is 0.565. The van der Waals surface area contributed by atoms with Crippen LogP contribution in [0.25, 0.3) is 11.1 Å². The van der Waals surface area contributed by atoms with E-state index in [1.54, 1.807) is 0 Å². The molecule has 2 rings (SSSR count). The van der Waals surface area contributed by atoms with E-state index in [9.17, 15) is 26.3 Å². The Morgan fingerprint density at radius 3 is 1.64 bits per heavy atom. The molecule has 0 saturated carbocycles. The second kappa shape index (κ2) is 5.34. The normalized spacial score (nSPS) is 12.5. The van der Waals surface area contributed by atoms with Gasteiger partial charge in [-0.15, -0.1) is 0 Å². The van der Waals surface area contributed by atoms with E-state index in [2.05, 4.69) is 0 Å². The largest absolute Gasteiger partial charge is 0.417 e. The van der Waals surface area contributed by atoms with Crippen LogP contribution in [0.5, 0.6) is 0 Å². The summed E-state index contributed by atoms with van der Waals surface area (Å²) >= 11 is 0. The maximum atomic E-state index is 13.2. The van der Waals surface area contributed by atoms with Gasteiger partial charge >= 0.3 is 12.4 Å². The predicted octanol–water partition coefficient (Wildman–Crippen LogP) is 6.01. The Balaban J connectivity index is 2.80. The van der Waals surface area contributed by atoms with Crippen LogP contribution in [0.3, 0.4) is 0 Å². The van der Waals surface area contributed by atoms with Crippen molar-refractivity contribution in [1.29, 1.82) is 0 Å². The van der Waals surface area contributed by atoms with Crippen molar-refractivity contribution in [3.8, 4) is 11.1 Å². The highest BCUT2D eigenvalue weighted by molar-refractivity contribution is 5.73. The second-order valence-electron chi connectivity index (χ2n) is 5.09. The van der Waals surface area contributed by atoms with E-state index < -0.39 is 34.6 Å². The molecule has 0 aliphatic rings. The van der Waals surface area contributed by atoms with Crippen molar-refractivity contribution in [2.24, 2.45) is 0 Å². The molecular formula is C16H12F6. The molecule has 118 valence electrons. The van der Waals surface area contributed by atoms with E-state index in [0.717, 1.165) is 24.3 Å². The van der Waals surface area contributed by atoms with Gasteiger partial charge in [0.25, 0.3) is 0 Å². The van der Waals surface area contributed by atoms with Crippen LogP contribution in [0, 0.1) is 13.8 Å². The van der Waals surface area contributed by atoms with E-state index in [0.29, 0.717) is 11.1 Å². The molecule has 0 N–H and O–H groups in total. The predicted molar refractivity (Wildman–Crippen MR) is 71.4 cm³/mol. The lowest BCUT2D eigenvalue weighted by Gasteiger charge is -2.18. The summed E-state index contributed by atoms with van der Waals surface area (Å²) in [4.78, 5) is 0. The van der Waals surface area contributed by atoms with Crippen LogP contribution < -0.4 is 0 Å². The molecule has 0 atom stereocenters. The third-order valence-corrected chi connectivity index (χ3v) is 3.25. The molecule has 2 aromatic rings. The molecule has 0 aromatic heterocycles. The summed E-state index contributed by atoms with van der Waals surface area (Å²) in [6, 6.07) is 6.48. The first kappa shape index (κ1) is 16.4. The van der Waals surface area contributed by atoms with E-state index in [1.165, 1.54) is 26.0 Å². The summed E-state index contributed by atoms with van der Waals surface area (Å²) in [5, 5.41) is 0. The highest BCUT2D eigenvalue weighted by atomic mass is 19.4. The minimum Gasteiger partial charge on any atom is -0.166 e. The van der Waals surface area contributed by atoms with Crippen LogP contribution in [-0.2, 0) is 12.4 Å². The minimum atomic E-state index is -4.73. The summed E-state index contributed by atoms with van der Waals surface area (Å²) in [6.07, 6.45) is -9.45. The first-order valence-corrected chi connectivity index (χ1v) is 6.36. The molecule has 0 spiro atoms. The van der Waals surface area contributed by atoms with Crippen LogP contribution in [0.15, 0.2) is 36.4 Å². The highest BCUT2D eigenvalue weighted by Crippen LogP contribution is 2.43. The Morgan fingerprint density at radius 2 is 1.09 bits per heavy atom. The standard InChI is InChI=1S/C16H12F6/c1-9-4-6-13(15(17,18)19)12(7-9)11-5-3-10(2)8-14(11)16(20,21)22/h3-8H,1-2H3. The van der Waals surface area contributed by atoms with Crippen molar-refractivity contribution >= 4 is 0 Å². The van der Waals surface area contributed by atoms with Gasteiger partial charge in [-0.1, -0.05) is 35.4 Å². The van der Waals surface area contributed by atoms with E-state index >= 15 is 0 Å². The number of rotatable bonds is 1. The van der Waals surface area contributed by atoms with Gasteiger partial charge < -0.3 is 0 Å². The maximum Gasteiger partial charge on any atom is 0.417 e. The zero-order valence-electron chi connectivity index (χ0n) is 11.7. The zero-order chi connectivity index (χ0) is 16.7. The fourth-order valence-corrected chi connectivity index (χ4v) is 2.26. The number of benzene rings is 2. The van der Waals surface area contributed by atoms with Crippen LogP contribution >= 0.6 is 0 Å². The lowest BCUT2D eigenvalue weighted by atomic mass is 9.92. The molecule has 2 aromatic carbocycles. The number of alkyl halides is 6. The van der Waals surface area contributed by atoms with Crippen molar-refractivity contribution < 1.29 is 26.3 Å². The van der Waals surface area contributed by atoms with Crippen molar-refractivity contribution in [3.05, 3.63) is 58.7 Å². The Hall–Kier alpha value is -1.98. The van der Waals surface area contributed by atoms with Crippen LogP contribution in [0.1, 0.15) is 22.3 Å². The Labute approximate surface area is 123 Å². The van der Waals surface area contributed by atoms with Crippen molar-refractivity contribution in [2.75, 3.05) is 0 Å². The third kappa shape index (κ3) is 3.26. The van der Waals surface area contributed by atoms with Gasteiger partial charge in [0, 0.05) is 0 Å². The summed E-state index contributed by atoms with van der Waals surface area (Å²) in [5.41, 5.74) is -2.28. The molecule has 0 radical (unpaired) electrons. The molecule has 0 heterocycles. The summed E-state index contributed by atoms with van der Waals surface area (Å²) in [6.45, 7) is 2.99. The molecule has 6 heteroatoms. The molecule has 0 unspecified atom stereocenters. The topological polar surface area (TPSA) is 0 Å². The number of hydrogen-bond donors (Lipinski definition) is 0. The van der Waals surface area contributed by atoms with Gasteiger partial charge in [-0.25, -0.2) is 0 Å². The molecule has 0 aliphatic heterocycles. The van der Waals surface area contributed by atoms with Crippen LogP contribution in [-0.4, -0.2) is 0 Å². The van der Waals surface area contributed by atoms with Gasteiger partial charge in [0.1, 0.15) is 0 Å². The van der Waals surface area contributed by atoms with Crippen molar-refractivity contribution in [1.82, 2.24) is 0 Å². The first-order valence-electron chi connectivity index (χ1n) is 6.36. The summed E-state index contributed by atoms with van der Waals surface area (Å²) in [7, 11) is 0. The van der Waals surface area contributed by atoms with Gasteiger partial charge in [0.2, 0.25) is 0 Å². The Morgan fingerprint density at radius 1 is 0.591 bits per heavy atom. The lowest BCUT2D eigenvalue weighted by molar-refractivity contribution is -0.139. The molecule has 0 nitrogen and oxygen atoms in total. The van der Waals surface area contributed by atoms with Gasteiger partial charge in [0.15, 0.2) is 0 Å². The van der Waals surface area contributed by atoms with Gasteiger partial charge in [-0.2, -0.15) is 26.3 Å². The average molecular weight is 318 g/mol. The molecular weight excluding hydrogens is 306 g/mol. The first-order chi connectivity index (χ1) is 10.00. The van der Waals surface area contributed by atoms with Crippen molar-refractivity contribution in [2.45, 2.75) is 26.2 Å². The highest BCUT2D eigenvalue weighted by Gasteiger charge is 2.38.